The van der Waals surface area contributed by atoms with Gasteiger partial charge in [-0.3, -0.25) is 4.79 Å². The zero-order valence-corrected chi connectivity index (χ0v) is 20.9. The molecule has 3 fully saturated rings. The number of ether oxygens (including phenoxy) is 1. The second-order valence-electron chi connectivity index (χ2n) is 10.1. The van der Waals surface area contributed by atoms with Gasteiger partial charge < -0.3 is 19.3 Å². The van der Waals surface area contributed by atoms with Crippen LogP contribution >= 0.6 is 23.2 Å². The van der Waals surface area contributed by atoms with Crippen LogP contribution in [0.2, 0.25) is 10.0 Å². The largest absolute Gasteiger partial charge is 0.478 e. The van der Waals surface area contributed by atoms with E-state index in [0.29, 0.717) is 52.5 Å². The highest BCUT2D eigenvalue weighted by Crippen LogP contribution is 2.51. The van der Waals surface area contributed by atoms with Gasteiger partial charge in [0.1, 0.15) is 11.5 Å². The van der Waals surface area contributed by atoms with E-state index in [1.807, 2.05) is 0 Å². The van der Waals surface area contributed by atoms with Crippen LogP contribution in [0.4, 0.5) is 0 Å². The van der Waals surface area contributed by atoms with Gasteiger partial charge in [-0.2, -0.15) is 0 Å². The molecule has 1 aliphatic heterocycles. The molecule has 7 nitrogen and oxygen atoms in total. The highest BCUT2D eigenvalue weighted by atomic mass is 35.5. The summed E-state index contributed by atoms with van der Waals surface area (Å²) in [4.78, 5) is 25.8. The van der Waals surface area contributed by atoms with Gasteiger partial charge in [0.2, 0.25) is 0 Å². The molecule has 1 spiro atoms. The maximum absolute atomic E-state index is 12.8. The zero-order valence-electron chi connectivity index (χ0n) is 19.4. The third-order valence-corrected chi connectivity index (χ3v) is 8.08. The molecule has 1 aromatic heterocycles. The number of amides is 1. The van der Waals surface area contributed by atoms with Crippen molar-refractivity contribution < 1.29 is 24.0 Å². The number of carbonyl (C=O) groups is 2. The van der Waals surface area contributed by atoms with Crippen LogP contribution in [0.15, 0.2) is 47.0 Å². The Balaban J connectivity index is 1.08. The highest BCUT2D eigenvalue weighted by Gasteiger charge is 2.54. The molecule has 3 aliphatic rings. The van der Waals surface area contributed by atoms with Gasteiger partial charge in [-0.15, -0.1) is 0 Å². The predicted octanol–water partition coefficient (Wildman–Crippen LogP) is 6.05. The summed E-state index contributed by atoms with van der Waals surface area (Å²) in [6.07, 6.45) is 3.98. The fraction of sp³-hybridized carbons (Fsp3) is 0.370. The van der Waals surface area contributed by atoms with E-state index in [9.17, 15) is 14.7 Å². The van der Waals surface area contributed by atoms with Crippen LogP contribution in [0.3, 0.4) is 0 Å². The summed E-state index contributed by atoms with van der Waals surface area (Å²) in [6.45, 7) is 1.69. The van der Waals surface area contributed by atoms with E-state index in [0.717, 1.165) is 37.0 Å². The van der Waals surface area contributed by atoms with Crippen molar-refractivity contribution in [1.29, 1.82) is 0 Å². The van der Waals surface area contributed by atoms with Crippen LogP contribution in [0.5, 0.6) is 0 Å². The number of halogens is 2. The van der Waals surface area contributed by atoms with Gasteiger partial charge in [0.15, 0.2) is 0 Å². The number of carboxylic acid groups (broad SMARTS) is 1. The van der Waals surface area contributed by atoms with E-state index in [4.69, 9.17) is 32.5 Å². The molecule has 2 aromatic carbocycles. The Morgan fingerprint density at radius 2 is 1.75 bits per heavy atom. The van der Waals surface area contributed by atoms with Crippen LogP contribution in [-0.2, 0) is 11.3 Å². The number of rotatable bonds is 7. The zero-order chi connectivity index (χ0) is 25.0. The van der Waals surface area contributed by atoms with Gasteiger partial charge in [-0.25, -0.2) is 4.79 Å². The normalized spacial score (nSPS) is 18.7. The van der Waals surface area contributed by atoms with Crippen LogP contribution in [0, 0.1) is 5.41 Å². The molecule has 3 aromatic rings. The molecule has 0 bridgehead atoms. The number of benzene rings is 2. The molecule has 2 saturated carbocycles. The summed E-state index contributed by atoms with van der Waals surface area (Å²) in [5.41, 5.74) is 2.82. The van der Waals surface area contributed by atoms with Crippen molar-refractivity contribution in [3.05, 3.63) is 75.0 Å². The monoisotopic (exact) mass is 526 g/mol. The predicted molar refractivity (Wildman–Crippen MR) is 133 cm³/mol. The topological polar surface area (TPSA) is 92.9 Å². The first kappa shape index (κ1) is 23.5. The molecule has 186 valence electrons. The van der Waals surface area contributed by atoms with Crippen molar-refractivity contribution >= 4 is 35.1 Å². The van der Waals surface area contributed by atoms with Gasteiger partial charge in [0.05, 0.1) is 28.3 Å². The third-order valence-electron chi connectivity index (χ3n) is 7.45. The summed E-state index contributed by atoms with van der Waals surface area (Å²) in [7, 11) is 0. The number of carbonyl (C=O) groups excluding carboxylic acids is 1. The Morgan fingerprint density at radius 3 is 2.42 bits per heavy atom. The molecule has 36 heavy (non-hydrogen) atoms. The van der Waals surface area contributed by atoms with E-state index in [2.05, 4.69) is 5.16 Å². The maximum atomic E-state index is 12.8. The quantitative estimate of drug-likeness (QED) is 0.403. The molecule has 0 radical (unpaired) electrons. The average molecular weight is 527 g/mol. The van der Waals surface area contributed by atoms with Crippen molar-refractivity contribution in [1.82, 2.24) is 10.1 Å². The molecular formula is C27H24Cl2N2O5. The van der Waals surface area contributed by atoms with E-state index in [1.54, 1.807) is 35.2 Å². The summed E-state index contributed by atoms with van der Waals surface area (Å²) in [6, 6.07) is 11.6. The SMILES string of the molecule is O=C(O)c1cccc(C(=O)N2CC3(CC(OCc4c(-c5c(Cl)cccc5Cl)noc4C4CC4)C3)C2)c1. The number of carboxylic acids is 1. The van der Waals surface area contributed by atoms with Crippen LogP contribution in [0.1, 0.15) is 63.6 Å². The first-order valence-electron chi connectivity index (χ1n) is 12.0. The van der Waals surface area contributed by atoms with Crippen LogP contribution < -0.4 is 0 Å². The van der Waals surface area contributed by atoms with Crippen LogP contribution in [0.25, 0.3) is 11.3 Å². The summed E-state index contributed by atoms with van der Waals surface area (Å²) < 4.78 is 12.0. The van der Waals surface area contributed by atoms with Gasteiger partial charge in [0, 0.05) is 41.1 Å². The van der Waals surface area contributed by atoms with Crippen molar-refractivity contribution in [3.63, 3.8) is 0 Å². The Labute approximate surface area is 217 Å². The summed E-state index contributed by atoms with van der Waals surface area (Å²) >= 11 is 12.9. The lowest BCUT2D eigenvalue weighted by Gasteiger charge is -2.58. The molecule has 0 atom stereocenters. The van der Waals surface area contributed by atoms with Crippen molar-refractivity contribution in [2.45, 2.75) is 44.3 Å². The van der Waals surface area contributed by atoms with E-state index >= 15 is 0 Å². The Kier molecular flexibility index (Phi) is 5.82. The lowest BCUT2D eigenvalue weighted by molar-refractivity contribution is -0.143. The molecule has 9 heteroatoms. The number of hydrogen-bond donors (Lipinski definition) is 1. The molecule has 6 rings (SSSR count). The number of likely N-dealkylation sites (tertiary alicyclic amines) is 1. The molecule has 2 aliphatic carbocycles. The van der Waals surface area contributed by atoms with Crippen molar-refractivity contribution in [2.24, 2.45) is 5.41 Å². The summed E-state index contributed by atoms with van der Waals surface area (Å²) in [5, 5.41) is 14.5. The fourth-order valence-corrected chi connectivity index (χ4v) is 5.98. The smallest absolute Gasteiger partial charge is 0.335 e. The number of nitrogens with zero attached hydrogens (tertiary/aromatic N) is 2. The second kappa shape index (κ2) is 8.91. The Bertz CT molecular complexity index is 1330. The van der Waals surface area contributed by atoms with Crippen molar-refractivity contribution in [2.75, 3.05) is 13.1 Å². The standard InChI is InChI=1S/C27H24Cl2N2O5/c28-20-5-2-6-21(29)22(20)23-19(24(36-30-23)15-7-8-15)12-35-18-10-27(11-18)13-31(14-27)25(32)16-3-1-4-17(9-16)26(33)34/h1-6,9,15,18H,7-8,10-14H2,(H,33,34). The first-order valence-corrected chi connectivity index (χ1v) is 12.8. The van der Waals surface area contributed by atoms with Gasteiger partial charge in [-0.05, 0) is 56.0 Å². The maximum Gasteiger partial charge on any atom is 0.335 e. The lowest BCUT2D eigenvalue weighted by Crippen LogP contribution is -2.65. The molecule has 1 amide bonds. The summed E-state index contributed by atoms with van der Waals surface area (Å²) in [5.74, 6) is 0.0537. The molecular weight excluding hydrogens is 503 g/mol. The van der Waals surface area contributed by atoms with Crippen LogP contribution in [-0.4, -0.2) is 46.2 Å². The number of aromatic nitrogens is 1. The Hall–Kier alpha value is -2.87. The minimum Gasteiger partial charge on any atom is -0.478 e. The first-order chi connectivity index (χ1) is 17.3. The molecule has 0 unspecified atom stereocenters. The van der Waals surface area contributed by atoms with Crippen molar-refractivity contribution in [3.8, 4) is 11.3 Å². The number of aromatic carboxylic acids is 1. The lowest BCUT2D eigenvalue weighted by atomic mass is 9.61. The van der Waals surface area contributed by atoms with E-state index in [-0.39, 0.29) is 23.0 Å². The van der Waals surface area contributed by atoms with E-state index < -0.39 is 5.97 Å². The van der Waals surface area contributed by atoms with Gasteiger partial charge in [-0.1, -0.05) is 40.5 Å². The minimum atomic E-state index is -1.04. The number of hydrogen-bond acceptors (Lipinski definition) is 5. The highest BCUT2D eigenvalue weighted by molar-refractivity contribution is 6.39. The fourth-order valence-electron chi connectivity index (χ4n) is 5.41. The minimum absolute atomic E-state index is 0.0770. The molecule has 1 N–H and O–H groups in total. The average Bonchev–Trinajstić information content (AvgIpc) is 3.57. The van der Waals surface area contributed by atoms with Gasteiger partial charge >= 0.3 is 5.97 Å². The molecule has 2 heterocycles. The Morgan fingerprint density at radius 1 is 1.08 bits per heavy atom. The van der Waals surface area contributed by atoms with Gasteiger partial charge in [0.25, 0.3) is 5.91 Å². The second-order valence-corrected chi connectivity index (χ2v) is 10.9. The van der Waals surface area contributed by atoms with E-state index in [1.165, 1.54) is 12.1 Å². The third kappa shape index (κ3) is 4.19. The molecule has 1 saturated heterocycles.